The highest BCUT2D eigenvalue weighted by Gasteiger charge is 2.16. The van der Waals surface area contributed by atoms with Crippen LogP contribution in [0.3, 0.4) is 0 Å². The van der Waals surface area contributed by atoms with E-state index in [1.165, 1.54) is 12.1 Å². The first kappa shape index (κ1) is 17.9. The Labute approximate surface area is 130 Å². The predicted molar refractivity (Wildman–Crippen MR) is 85.3 cm³/mol. The number of nitro benzene ring substituents is 1. The zero-order valence-electron chi connectivity index (χ0n) is 13.2. The van der Waals surface area contributed by atoms with Gasteiger partial charge in [0.05, 0.1) is 4.92 Å². The maximum absolute atomic E-state index is 12.0. The van der Waals surface area contributed by atoms with Gasteiger partial charge in [0.25, 0.3) is 11.6 Å². The fraction of sp³-hybridized carbons (Fsp3) is 0.533. The largest absolute Gasteiger partial charge is 0.383 e. The van der Waals surface area contributed by atoms with E-state index in [0.717, 1.165) is 0 Å². The standard InChI is InChI=1S/C15H23N3O4/c1-11(2)10-22-8-4-7-17-15(19)12-5-6-13(16-3)14(9-12)18(20)21/h5-6,9,11,16H,4,7-8,10H2,1-3H3,(H,17,19). The fourth-order valence-corrected chi connectivity index (χ4v) is 1.83. The van der Waals surface area contributed by atoms with E-state index in [-0.39, 0.29) is 17.2 Å². The van der Waals surface area contributed by atoms with Crippen LogP contribution in [0.5, 0.6) is 0 Å². The Bertz CT molecular complexity index is 518. The molecular formula is C15H23N3O4. The average molecular weight is 309 g/mol. The topological polar surface area (TPSA) is 93.5 Å². The van der Waals surface area contributed by atoms with Gasteiger partial charge in [0.15, 0.2) is 0 Å². The molecule has 0 unspecified atom stereocenters. The van der Waals surface area contributed by atoms with Crippen molar-refractivity contribution in [1.29, 1.82) is 0 Å². The number of benzene rings is 1. The molecule has 0 aliphatic carbocycles. The second kappa shape index (κ2) is 8.99. The van der Waals surface area contributed by atoms with Crippen molar-refractivity contribution in [3.63, 3.8) is 0 Å². The van der Waals surface area contributed by atoms with Crippen LogP contribution in [0, 0.1) is 16.0 Å². The van der Waals surface area contributed by atoms with Gasteiger partial charge < -0.3 is 15.4 Å². The van der Waals surface area contributed by atoms with E-state index in [0.29, 0.717) is 37.8 Å². The van der Waals surface area contributed by atoms with Crippen LogP contribution in [-0.2, 0) is 4.74 Å². The number of rotatable bonds is 9. The lowest BCUT2D eigenvalue weighted by molar-refractivity contribution is -0.384. The van der Waals surface area contributed by atoms with Crippen molar-refractivity contribution in [2.45, 2.75) is 20.3 Å². The van der Waals surface area contributed by atoms with Crippen molar-refractivity contribution in [3.8, 4) is 0 Å². The van der Waals surface area contributed by atoms with E-state index < -0.39 is 4.92 Å². The summed E-state index contributed by atoms with van der Waals surface area (Å²) in [7, 11) is 1.60. The smallest absolute Gasteiger partial charge is 0.293 e. The molecule has 7 nitrogen and oxygen atoms in total. The van der Waals surface area contributed by atoms with Crippen molar-refractivity contribution >= 4 is 17.3 Å². The predicted octanol–water partition coefficient (Wildman–Crippen LogP) is 2.43. The minimum Gasteiger partial charge on any atom is -0.383 e. The molecule has 0 aromatic heterocycles. The normalized spacial score (nSPS) is 10.5. The molecule has 0 heterocycles. The van der Waals surface area contributed by atoms with E-state index in [2.05, 4.69) is 24.5 Å². The Morgan fingerprint density at radius 1 is 1.41 bits per heavy atom. The van der Waals surface area contributed by atoms with Crippen molar-refractivity contribution in [3.05, 3.63) is 33.9 Å². The molecule has 0 radical (unpaired) electrons. The van der Waals surface area contributed by atoms with Gasteiger partial charge in [-0.15, -0.1) is 0 Å². The zero-order chi connectivity index (χ0) is 16.5. The van der Waals surface area contributed by atoms with Gasteiger partial charge in [-0.3, -0.25) is 14.9 Å². The number of amides is 1. The lowest BCUT2D eigenvalue weighted by atomic mass is 10.1. The van der Waals surface area contributed by atoms with Crippen molar-refractivity contribution in [2.24, 2.45) is 5.92 Å². The second-order valence-electron chi connectivity index (χ2n) is 5.32. The highest BCUT2D eigenvalue weighted by Crippen LogP contribution is 2.24. The minimum atomic E-state index is -0.512. The van der Waals surface area contributed by atoms with Gasteiger partial charge in [-0.2, -0.15) is 0 Å². The number of nitro groups is 1. The Morgan fingerprint density at radius 3 is 2.73 bits per heavy atom. The van der Waals surface area contributed by atoms with E-state index in [1.54, 1.807) is 13.1 Å². The van der Waals surface area contributed by atoms with Crippen LogP contribution in [-0.4, -0.2) is 37.6 Å². The molecule has 0 spiro atoms. The fourth-order valence-electron chi connectivity index (χ4n) is 1.83. The van der Waals surface area contributed by atoms with Crippen LogP contribution in [0.25, 0.3) is 0 Å². The number of nitrogens with one attached hydrogen (secondary N) is 2. The third-order valence-corrected chi connectivity index (χ3v) is 2.93. The van der Waals surface area contributed by atoms with Gasteiger partial charge >= 0.3 is 0 Å². The quantitative estimate of drug-likeness (QED) is 0.415. The molecule has 1 aromatic carbocycles. The first-order valence-corrected chi connectivity index (χ1v) is 7.27. The SMILES string of the molecule is CNc1ccc(C(=O)NCCCOCC(C)C)cc1[N+](=O)[O-]. The van der Waals surface area contributed by atoms with Crippen molar-refractivity contribution < 1.29 is 14.5 Å². The van der Waals surface area contributed by atoms with Crippen LogP contribution in [0.15, 0.2) is 18.2 Å². The summed E-state index contributed by atoms with van der Waals surface area (Å²) in [6.07, 6.45) is 0.704. The molecule has 1 rings (SSSR count). The summed E-state index contributed by atoms with van der Waals surface area (Å²) in [6, 6.07) is 4.36. The first-order chi connectivity index (χ1) is 10.5. The van der Waals surface area contributed by atoms with Crippen LogP contribution in [0.1, 0.15) is 30.6 Å². The summed E-state index contributed by atoms with van der Waals surface area (Å²) in [4.78, 5) is 22.4. The lowest BCUT2D eigenvalue weighted by Crippen LogP contribution is -2.25. The molecule has 0 fully saturated rings. The molecule has 0 bridgehead atoms. The van der Waals surface area contributed by atoms with E-state index in [9.17, 15) is 14.9 Å². The van der Waals surface area contributed by atoms with E-state index in [1.807, 2.05) is 0 Å². The molecule has 0 aliphatic rings. The molecule has 0 saturated heterocycles. The molecule has 0 atom stereocenters. The summed E-state index contributed by atoms with van der Waals surface area (Å²) in [6.45, 7) is 5.90. The zero-order valence-corrected chi connectivity index (χ0v) is 13.2. The third-order valence-electron chi connectivity index (χ3n) is 2.93. The summed E-state index contributed by atoms with van der Waals surface area (Å²) in [5, 5.41) is 16.4. The van der Waals surface area contributed by atoms with Crippen molar-refractivity contribution in [1.82, 2.24) is 5.32 Å². The van der Waals surface area contributed by atoms with Crippen LogP contribution >= 0.6 is 0 Å². The Morgan fingerprint density at radius 2 is 2.14 bits per heavy atom. The number of carbonyl (C=O) groups excluding carboxylic acids is 1. The maximum Gasteiger partial charge on any atom is 0.293 e. The summed E-state index contributed by atoms with van der Waals surface area (Å²) in [5.74, 6) is 0.162. The maximum atomic E-state index is 12.0. The highest BCUT2D eigenvalue weighted by atomic mass is 16.6. The van der Waals surface area contributed by atoms with Gasteiger partial charge in [0.2, 0.25) is 0 Å². The van der Waals surface area contributed by atoms with Gasteiger partial charge in [-0.05, 0) is 24.5 Å². The number of hydrogen-bond donors (Lipinski definition) is 2. The third kappa shape index (κ3) is 5.69. The molecule has 122 valence electrons. The molecule has 0 saturated carbocycles. The van der Waals surface area contributed by atoms with E-state index >= 15 is 0 Å². The summed E-state index contributed by atoms with van der Waals surface area (Å²) >= 11 is 0. The molecule has 0 aliphatic heterocycles. The lowest BCUT2D eigenvalue weighted by Gasteiger charge is -2.08. The second-order valence-corrected chi connectivity index (χ2v) is 5.32. The average Bonchev–Trinajstić information content (AvgIpc) is 2.49. The molecular weight excluding hydrogens is 286 g/mol. The van der Waals surface area contributed by atoms with Crippen LogP contribution in [0.4, 0.5) is 11.4 Å². The Balaban J connectivity index is 2.49. The van der Waals surface area contributed by atoms with Gasteiger partial charge in [-0.25, -0.2) is 0 Å². The van der Waals surface area contributed by atoms with E-state index in [4.69, 9.17) is 4.74 Å². The summed E-state index contributed by atoms with van der Waals surface area (Å²) in [5.41, 5.74) is 0.535. The van der Waals surface area contributed by atoms with Gasteiger partial charge in [0, 0.05) is 38.4 Å². The van der Waals surface area contributed by atoms with Gasteiger partial charge in [-0.1, -0.05) is 13.8 Å². The number of carbonyl (C=O) groups is 1. The number of anilines is 1. The molecule has 1 amide bonds. The molecule has 22 heavy (non-hydrogen) atoms. The highest BCUT2D eigenvalue weighted by molar-refractivity contribution is 5.95. The van der Waals surface area contributed by atoms with Crippen LogP contribution < -0.4 is 10.6 Å². The van der Waals surface area contributed by atoms with Crippen LogP contribution in [0.2, 0.25) is 0 Å². The minimum absolute atomic E-state index is 0.115. The summed E-state index contributed by atoms with van der Waals surface area (Å²) < 4.78 is 5.41. The molecule has 7 heteroatoms. The van der Waals surface area contributed by atoms with Gasteiger partial charge in [0.1, 0.15) is 5.69 Å². The number of hydrogen-bond acceptors (Lipinski definition) is 5. The monoisotopic (exact) mass is 309 g/mol. The first-order valence-electron chi connectivity index (χ1n) is 7.27. The number of ether oxygens (including phenoxy) is 1. The molecule has 1 aromatic rings. The van der Waals surface area contributed by atoms with Crippen molar-refractivity contribution in [2.75, 3.05) is 32.1 Å². The Hall–Kier alpha value is -2.15. The molecule has 2 N–H and O–H groups in total. The Kier molecular flexibility index (Phi) is 7.31. The number of nitrogens with zero attached hydrogens (tertiary/aromatic N) is 1.